The molecule has 2 aromatic rings. The van der Waals surface area contributed by atoms with E-state index in [2.05, 4.69) is 83.2 Å². The van der Waals surface area contributed by atoms with E-state index in [0.717, 1.165) is 67.6 Å². The molecule has 240 valence electrons. The van der Waals surface area contributed by atoms with Crippen molar-refractivity contribution in [3.8, 4) is 0 Å². The lowest BCUT2D eigenvalue weighted by Crippen LogP contribution is -2.51. The first kappa shape index (κ1) is 31.9. The topological polar surface area (TPSA) is 26.3 Å². The second-order valence-corrected chi connectivity index (χ2v) is 16.5. The molecule has 3 fully saturated rings. The Morgan fingerprint density at radius 3 is 2.52 bits per heavy atom. The van der Waals surface area contributed by atoms with E-state index in [1.165, 1.54) is 74.1 Å². The molecule has 0 heterocycles. The van der Waals surface area contributed by atoms with Crippen LogP contribution in [-0.2, 0) is 16.0 Å². The van der Waals surface area contributed by atoms with Crippen LogP contribution in [0.2, 0.25) is 0 Å². The number of hydrogen-bond donors (Lipinski definition) is 0. The molecule has 0 N–H and O–H groups in total. The van der Waals surface area contributed by atoms with Crippen LogP contribution in [0.25, 0.3) is 10.8 Å². The number of rotatable bonds is 11. The number of carbonyl (C=O) groups is 1. The zero-order chi connectivity index (χ0) is 30.9. The fourth-order valence-corrected chi connectivity index (χ4v) is 11.0. The standard InChI is InChI=1S/C42H60O2/c1-29(2)11-10-12-30(3)37-21-22-38-36-20-19-34-28-35(23-25-41(34,4)39(36)24-26-42(37,38)5)44-40(43)16-9-6-13-31-17-18-32-14-7-8-15-33(32)27-31/h7-8,14-15,17-19,27,29-30,35-39H,6,9-13,16,20-26,28H2,1-5H3/t30-,35?,36+,37-,38+,39+,41+,42-/m1/s1. The highest BCUT2D eigenvalue weighted by Crippen LogP contribution is 2.67. The summed E-state index contributed by atoms with van der Waals surface area (Å²) in [6.07, 6.45) is 20.6. The van der Waals surface area contributed by atoms with Crippen LogP contribution in [0, 0.1) is 46.3 Å². The van der Waals surface area contributed by atoms with Crippen LogP contribution < -0.4 is 0 Å². The predicted octanol–water partition coefficient (Wildman–Crippen LogP) is 11.5. The van der Waals surface area contributed by atoms with Gasteiger partial charge >= 0.3 is 5.97 Å². The summed E-state index contributed by atoms with van der Waals surface area (Å²) < 4.78 is 6.12. The van der Waals surface area contributed by atoms with Crippen molar-refractivity contribution in [1.29, 1.82) is 0 Å². The Morgan fingerprint density at radius 2 is 1.70 bits per heavy atom. The maximum Gasteiger partial charge on any atom is 0.306 e. The number of benzene rings is 2. The highest BCUT2D eigenvalue weighted by Gasteiger charge is 2.59. The fourth-order valence-electron chi connectivity index (χ4n) is 11.0. The van der Waals surface area contributed by atoms with Crippen LogP contribution in [0.5, 0.6) is 0 Å². The molecule has 0 aromatic heterocycles. The zero-order valence-corrected chi connectivity index (χ0v) is 28.6. The average molecular weight is 597 g/mol. The van der Waals surface area contributed by atoms with Crippen LogP contribution >= 0.6 is 0 Å². The quantitative estimate of drug-likeness (QED) is 0.146. The molecule has 8 atom stereocenters. The lowest BCUT2D eigenvalue weighted by Gasteiger charge is -2.58. The minimum absolute atomic E-state index is 0.0133. The van der Waals surface area contributed by atoms with Gasteiger partial charge in [-0.3, -0.25) is 4.79 Å². The van der Waals surface area contributed by atoms with Crippen molar-refractivity contribution < 1.29 is 9.53 Å². The SMILES string of the molecule is CC(C)CCC[C@@H](C)[C@H]1CC[C@H]2[C@@H]3CC=C4CC(OC(=O)CCCCc5ccc6ccccc6c5)CC[C@]4(C)[C@H]3CC[C@]12C. The van der Waals surface area contributed by atoms with Gasteiger partial charge in [-0.25, -0.2) is 0 Å². The molecule has 4 aliphatic rings. The Hall–Kier alpha value is -2.09. The number of aryl methyl sites for hydroxylation is 1. The molecule has 3 saturated carbocycles. The lowest BCUT2D eigenvalue weighted by atomic mass is 9.47. The number of hydrogen-bond acceptors (Lipinski definition) is 2. The summed E-state index contributed by atoms with van der Waals surface area (Å²) in [5.74, 6) is 5.21. The van der Waals surface area contributed by atoms with Crippen LogP contribution in [0.1, 0.15) is 130 Å². The molecular weight excluding hydrogens is 536 g/mol. The Morgan fingerprint density at radius 1 is 0.886 bits per heavy atom. The maximum atomic E-state index is 12.9. The third kappa shape index (κ3) is 6.43. The van der Waals surface area contributed by atoms with E-state index < -0.39 is 0 Å². The third-order valence-corrected chi connectivity index (χ3v) is 13.5. The molecule has 0 radical (unpaired) electrons. The fraction of sp³-hybridized carbons (Fsp3) is 0.690. The second-order valence-electron chi connectivity index (χ2n) is 16.5. The van der Waals surface area contributed by atoms with Crippen molar-refractivity contribution in [1.82, 2.24) is 0 Å². The molecule has 0 amide bonds. The van der Waals surface area contributed by atoms with E-state index in [1.54, 1.807) is 5.57 Å². The molecule has 4 aliphatic carbocycles. The summed E-state index contributed by atoms with van der Waals surface area (Å²) in [6.45, 7) is 12.6. The molecule has 0 aliphatic heterocycles. The van der Waals surface area contributed by atoms with Crippen LogP contribution in [0.15, 0.2) is 54.1 Å². The molecule has 0 saturated heterocycles. The highest BCUT2D eigenvalue weighted by molar-refractivity contribution is 5.83. The van der Waals surface area contributed by atoms with Crippen LogP contribution in [-0.4, -0.2) is 12.1 Å². The molecule has 0 spiro atoms. The molecule has 2 aromatic carbocycles. The summed E-state index contributed by atoms with van der Waals surface area (Å²) in [4.78, 5) is 12.9. The van der Waals surface area contributed by atoms with Gasteiger partial charge in [0, 0.05) is 12.8 Å². The number of esters is 1. The number of ether oxygens (including phenoxy) is 1. The predicted molar refractivity (Wildman–Crippen MR) is 184 cm³/mol. The second kappa shape index (κ2) is 13.3. The van der Waals surface area contributed by atoms with Gasteiger partial charge in [0.1, 0.15) is 6.10 Å². The molecule has 2 heteroatoms. The van der Waals surface area contributed by atoms with Gasteiger partial charge in [-0.1, -0.05) is 108 Å². The first-order valence-electron chi connectivity index (χ1n) is 18.5. The Bertz CT molecular complexity index is 1320. The smallest absolute Gasteiger partial charge is 0.306 e. The van der Waals surface area contributed by atoms with E-state index in [1.807, 2.05) is 0 Å². The summed E-state index contributed by atoms with van der Waals surface area (Å²) in [6, 6.07) is 15.3. The first-order valence-corrected chi connectivity index (χ1v) is 18.5. The molecular formula is C42H60O2. The summed E-state index contributed by atoms with van der Waals surface area (Å²) in [5.41, 5.74) is 3.84. The largest absolute Gasteiger partial charge is 0.462 e. The van der Waals surface area contributed by atoms with E-state index in [4.69, 9.17) is 4.74 Å². The van der Waals surface area contributed by atoms with Crippen molar-refractivity contribution in [2.24, 2.45) is 46.3 Å². The van der Waals surface area contributed by atoms with Gasteiger partial charge in [0.25, 0.3) is 0 Å². The summed E-state index contributed by atoms with van der Waals surface area (Å²) in [5, 5.41) is 2.59. The van der Waals surface area contributed by atoms with Gasteiger partial charge < -0.3 is 4.74 Å². The molecule has 44 heavy (non-hydrogen) atoms. The van der Waals surface area contributed by atoms with E-state index in [0.29, 0.717) is 17.3 Å². The Balaban J connectivity index is 0.992. The molecule has 6 rings (SSSR count). The van der Waals surface area contributed by atoms with Crippen molar-refractivity contribution >= 4 is 16.7 Å². The van der Waals surface area contributed by atoms with Gasteiger partial charge in [-0.15, -0.1) is 0 Å². The minimum atomic E-state index is 0.0133. The normalized spacial score (nSPS) is 33.8. The Labute approximate surface area is 268 Å². The zero-order valence-electron chi connectivity index (χ0n) is 28.6. The molecule has 0 bridgehead atoms. The van der Waals surface area contributed by atoms with Gasteiger partial charge in [0.15, 0.2) is 0 Å². The summed E-state index contributed by atoms with van der Waals surface area (Å²) >= 11 is 0. The number of carbonyl (C=O) groups excluding carboxylic acids is 1. The number of allylic oxidation sites excluding steroid dienone is 1. The van der Waals surface area contributed by atoms with Gasteiger partial charge in [-0.2, -0.15) is 0 Å². The molecule has 2 nitrogen and oxygen atoms in total. The van der Waals surface area contributed by atoms with Gasteiger partial charge in [0.05, 0.1) is 0 Å². The van der Waals surface area contributed by atoms with Crippen LogP contribution in [0.4, 0.5) is 0 Å². The first-order chi connectivity index (χ1) is 21.2. The Kier molecular flexibility index (Phi) is 9.66. The number of unbranched alkanes of at least 4 members (excludes halogenated alkanes) is 1. The maximum absolute atomic E-state index is 12.9. The minimum Gasteiger partial charge on any atom is -0.462 e. The van der Waals surface area contributed by atoms with E-state index in [9.17, 15) is 4.79 Å². The van der Waals surface area contributed by atoms with Crippen molar-refractivity contribution in [2.45, 2.75) is 137 Å². The van der Waals surface area contributed by atoms with E-state index in [-0.39, 0.29) is 12.1 Å². The van der Waals surface area contributed by atoms with Crippen molar-refractivity contribution in [3.05, 3.63) is 59.7 Å². The van der Waals surface area contributed by atoms with Gasteiger partial charge in [0.2, 0.25) is 0 Å². The molecule has 1 unspecified atom stereocenters. The van der Waals surface area contributed by atoms with E-state index >= 15 is 0 Å². The lowest BCUT2D eigenvalue weighted by molar-refractivity contribution is -0.151. The van der Waals surface area contributed by atoms with Crippen molar-refractivity contribution in [2.75, 3.05) is 0 Å². The third-order valence-electron chi connectivity index (χ3n) is 13.5. The number of fused-ring (bicyclic) bond motifs is 6. The van der Waals surface area contributed by atoms with Crippen LogP contribution in [0.3, 0.4) is 0 Å². The van der Waals surface area contributed by atoms with Gasteiger partial charge in [-0.05, 0) is 127 Å². The monoisotopic (exact) mass is 596 g/mol. The highest BCUT2D eigenvalue weighted by atomic mass is 16.5. The summed E-state index contributed by atoms with van der Waals surface area (Å²) in [7, 11) is 0. The van der Waals surface area contributed by atoms with Crippen molar-refractivity contribution in [3.63, 3.8) is 0 Å². The average Bonchev–Trinajstić information content (AvgIpc) is 3.36.